The number of hydrogen-bond donors (Lipinski definition) is 3. The van der Waals surface area contributed by atoms with Crippen molar-refractivity contribution in [1.82, 2.24) is 15.1 Å². The van der Waals surface area contributed by atoms with Gasteiger partial charge in [-0.05, 0) is 11.6 Å². The quantitative estimate of drug-likeness (QED) is 0.721. The number of hydrogen-bond acceptors (Lipinski definition) is 4. The van der Waals surface area contributed by atoms with Gasteiger partial charge in [0.05, 0.1) is 13.2 Å². The summed E-state index contributed by atoms with van der Waals surface area (Å²) in [7, 11) is 0. The molecule has 4 amide bonds. The molecule has 3 fully saturated rings. The number of carboxylic acid groups (broad SMARTS) is 1. The zero-order chi connectivity index (χ0) is 19.0. The van der Waals surface area contributed by atoms with Crippen LogP contribution in [0.25, 0.3) is 0 Å². The number of carbonyl (C=O) groups excluding carboxylic acids is 2. The molecule has 3 aliphatic rings. The highest BCUT2D eigenvalue weighted by atomic mass is 16.5. The smallest absolute Gasteiger partial charge is 0.321 e. The molecule has 0 aliphatic carbocycles. The molecular formula is C18H22N4O5. The van der Waals surface area contributed by atoms with Gasteiger partial charge >= 0.3 is 18.0 Å². The van der Waals surface area contributed by atoms with Crippen LogP contribution in [0.15, 0.2) is 24.3 Å². The number of carbonyl (C=O) groups is 3. The largest absolute Gasteiger partial charge is 0.481 e. The summed E-state index contributed by atoms with van der Waals surface area (Å²) in [5.74, 6) is -1.11. The molecule has 3 aliphatic heterocycles. The van der Waals surface area contributed by atoms with Crippen LogP contribution < -0.4 is 10.6 Å². The average molecular weight is 374 g/mol. The van der Waals surface area contributed by atoms with Gasteiger partial charge in [-0.3, -0.25) is 4.79 Å². The maximum atomic E-state index is 12.8. The first kappa shape index (κ1) is 17.6. The average Bonchev–Trinajstić information content (AvgIpc) is 3.31. The molecule has 0 saturated carbocycles. The Labute approximate surface area is 156 Å². The number of rotatable bonds is 4. The van der Waals surface area contributed by atoms with Crippen molar-refractivity contribution < 1.29 is 24.2 Å². The number of benzene rings is 1. The molecule has 2 atom stereocenters. The van der Waals surface area contributed by atoms with Gasteiger partial charge in [0, 0.05) is 44.3 Å². The summed E-state index contributed by atoms with van der Waals surface area (Å²) < 4.78 is 5.34. The number of nitrogens with zero attached hydrogens (tertiary/aromatic N) is 2. The van der Waals surface area contributed by atoms with Crippen LogP contribution in [0.5, 0.6) is 0 Å². The fraction of sp³-hybridized carbons (Fsp3) is 0.500. The number of urea groups is 2. The Bertz CT molecular complexity index is 785. The summed E-state index contributed by atoms with van der Waals surface area (Å²) >= 11 is 0. The summed E-state index contributed by atoms with van der Waals surface area (Å²) in [6.45, 7) is 2.62. The zero-order valence-electron chi connectivity index (χ0n) is 14.8. The third kappa shape index (κ3) is 3.08. The van der Waals surface area contributed by atoms with Crippen molar-refractivity contribution >= 4 is 23.7 Å². The first-order valence-corrected chi connectivity index (χ1v) is 8.97. The zero-order valence-corrected chi connectivity index (χ0v) is 14.8. The Balaban J connectivity index is 1.46. The number of anilines is 1. The lowest BCUT2D eigenvalue weighted by Crippen LogP contribution is -2.41. The molecular weight excluding hydrogens is 352 g/mol. The lowest BCUT2D eigenvalue weighted by Gasteiger charge is -2.23. The predicted octanol–water partition coefficient (Wildman–Crippen LogP) is 0.777. The van der Waals surface area contributed by atoms with Gasteiger partial charge in [-0.2, -0.15) is 0 Å². The standard InChI is InChI=1S/C18H22N4O5/c23-15(24)18-10-22(8-13(18)9-27-11-18)17(26)20-14-4-2-1-3-12(14)7-21-6-5-19-16(21)25/h1-4,13H,5-11H2,(H,19,25)(H,20,26)(H,23,24)/t13-,18-/m1/s1. The normalized spacial score (nSPS) is 26.8. The van der Waals surface area contributed by atoms with Crippen LogP contribution in [0.1, 0.15) is 5.56 Å². The lowest BCUT2D eigenvalue weighted by atomic mass is 9.81. The fourth-order valence-corrected chi connectivity index (χ4v) is 4.03. The Morgan fingerprint density at radius 2 is 2.19 bits per heavy atom. The van der Waals surface area contributed by atoms with E-state index in [4.69, 9.17) is 4.74 Å². The molecule has 27 heavy (non-hydrogen) atoms. The monoisotopic (exact) mass is 374 g/mol. The van der Waals surface area contributed by atoms with Crippen molar-refractivity contribution in [3.63, 3.8) is 0 Å². The molecule has 0 unspecified atom stereocenters. The number of carboxylic acids is 1. The number of likely N-dealkylation sites (tertiary alicyclic amines) is 1. The van der Waals surface area contributed by atoms with E-state index in [1.807, 2.05) is 18.2 Å². The number of ether oxygens (including phenoxy) is 1. The van der Waals surface area contributed by atoms with Crippen LogP contribution in [0, 0.1) is 11.3 Å². The molecule has 3 heterocycles. The maximum Gasteiger partial charge on any atom is 0.321 e. The maximum absolute atomic E-state index is 12.8. The van der Waals surface area contributed by atoms with Crippen LogP contribution >= 0.6 is 0 Å². The number of nitrogens with one attached hydrogen (secondary N) is 2. The number of fused-ring (bicyclic) bond motifs is 1. The lowest BCUT2D eigenvalue weighted by molar-refractivity contribution is -0.149. The number of para-hydroxylation sites is 1. The molecule has 3 saturated heterocycles. The van der Waals surface area contributed by atoms with Gasteiger partial charge in [0.25, 0.3) is 0 Å². The van der Waals surface area contributed by atoms with E-state index in [1.165, 1.54) is 0 Å². The van der Waals surface area contributed by atoms with Gasteiger partial charge in [0.1, 0.15) is 5.41 Å². The van der Waals surface area contributed by atoms with Crippen LogP contribution in [0.4, 0.5) is 15.3 Å². The van der Waals surface area contributed by atoms with E-state index in [1.54, 1.807) is 15.9 Å². The minimum atomic E-state index is -1.01. The van der Waals surface area contributed by atoms with Crippen LogP contribution in [-0.4, -0.2) is 72.3 Å². The third-order valence-electron chi connectivity index (χ3n) is 5.65. The van der Waals surface area contributed by atoms with Gasteiger partial charge in [-0.1, -0.05) is 18.2 Å². The Hall–Kier alpha value is -2.81. The van der Waals surface area contributed by atoms with Crippen molar-refractivity contribution in [2.75, 3.05) is 44.7 Å². The SMILES string of the molecule is O=C1NCCN1Cc1ccccc1NC(=O)N1C[C@@H]2COC[C@]2(C(=O)O)C1. The van der Waals surface area contributed by atoms with E-state index in [-0.39, 0.29) is 31.1 Å². The van der Waals surface area contributed by atoms with Crippen molar-refractivity contribution in [2.45, 2.75) is 6.54 Å². The molecule has 1 aromatic carbocycles. The Morgan fingerprint density at radius 3 is 2.89 bits per heavy atom. The van der Waals surface area contributed by atoms with Crippen LogP contribution in [0.2, 0.25) is 0 Å². The van der Waals surface area contributed by atoms with E-state index in [0.29, 0.717) is 38.5 Å². The second-order valence-electron chi connectivity index (χ2n) is 7.29. The second kappa shape index (κ2) is 6.73. The highest BCUT2D eigenvalue weighted by Gasteiger charge is 2.57. The van der Waals surface area contributed by atoms with Crippen molar-refractivity contribution in [2.24, 2.45) is 11.3 Å². The molecule has 1 aromatic rings. The molecule has 0 radical (unpaired) electrons. The Kier molecular flexibility index (Phi) is 4.39. The summed E-state index contributed by atoms with van der Waals surface area (Å²) in [4.78, 5) is 39.5. The molecule has 9 nitrogen and oxygen atoms in total. The van der Waals surface area contributed by atoms with Gasteiger partial charge in [0.15, 0.2) is 0 Å². The van der Waals surface area contributed by atoms with Gasteiger partial charge in [-0.25, -0.2) is 9.59 Å². The number of amides is 4. The molecule has 144 valence electrons. The fourth-order valence-electron chi connectivity index (χ4n) is 4.03. The molecule has 0 spiro atoms. The Morgan fingerprint density at radius 1 is 1.37 bits per heavy atom. The van der Waals surface area contributed by atoms with E-state index in [2.05, 4.69) is 10.6 Å². The molecule has 3 N–H and O–H groups in total. The topological polar surface area (TPSA) is 111 Å². The van der Waals surface area contributed by atoms with Crippen molar-refractivity contribution in [3.8, 4) is 0 Å². The number of aliphatic carboxylic acids is 1. The van der Waals surface area contributed by atoms with Gasteiger partial charge in [-0.15, -0.1) is 0 Å². The minimum absolute atomic E-state index is 0.119. The highest BCUT2D eigenvalue weighted by Crippen LogP contribution is 2.41. The summed E-state index contributed by atoms with van der Waals surface area (Å²) in [6, 6.07) is 6.88. The first-order valence-electron chi connectivity index (χ1n) is 8.97. The predicted molar refractivity (Wildman–Crippen MR) is 95.2 cm³/mol. The van der Waals surface area contributed by atoms with E-state index in [9.17, 15) is 19.5 Å². The highest BCUT2D eigenvalue weighted by molar-refractivity contribution is 5.91. The van der Waals surface area contributed by atoms with E-state index in [0.717, 1.165) is 5.56 Å². The van der Waals surface area contributed by atoms with Crippen LogP contribution in [-0.2, 0) is 16.1 Å². The molecule has 0 bridgehead atoms. The minimum Gasteiger partial charge on any atom is -0.481 e. The first-order chi connectivity index (χ1) is 13.0. The van der Waals surface area contributed by atoms with Gasteiger partial charge < -0.3 is 30.3 Å². The van der Waals surface area contributed by atoms with Gasteiger partial charge in [0.2, 0.25) is 0 Å². The molecule has 4 rings (SSSR count). The van der Waals surface area contributed by atoms with Crippen molar-refractivity contribution in [3.05, 3.63) is 29.8 Å². The summed E-state index contributed by atoms with van der Waals surface area (Å²) in [5, 5.41) is 15.2. The van der Waals surface area contributed by atoms with Crippen LogP contribution in [0.3, 0.4) is 0 Å². The summed E-state index contributed by atoms with van der Waals surface area (Å²) in [6.07, 6.45) is 0. The second-order valence-corrected chi connectivity index (χ2v) is 7.29. The van der Waals surface area contributed by atoms with Crippen molar-refractivity contribution in [1.29, 1.82) is 0 Å². The molecule has 0 aromatic heterocycles. The third-order valence-corrected chi connectivity index (χ3v) is 5.65. The van der Waals surface area contributed by atoms with E-state index >= 15 is 0 Å². The van der Waals surface area contributed by atoms with E-state index < -0.39 is 11.4 Å². The molecule has 9 heteroatoms. The summed E-state index contributed by atoms with van der Waals surface area (Å²) in [5.41, 5.74) is 0.447.